The van der Waals surface area contributed by atoms with Gasteiger partial charge in [0.2, 0.25) is 0 Å². The van der Waals surface area contributed by atoms with Gasteiger partial charge in [-0.25, -0.2) is 0 Å². The first-order valence-electron chi connectivity index (χ1n) is 6.59. The van der Waals surface area contributed by atoms with Crippen LogP contribution in [0, 0.1) is 20.8 Å². The molecule has 102 valence electrons. The summed E-state index contributed by atoms with van der Waals surface area (Å²) < 4.78 is 0. The van der Waals surface area contributed by atoms with E-state index in [1.807, 2.05) is 17.4 Å². The summed E-state index contributed by atoms with van der Waals surface area (Å²) in [6.07, 6.45) is 0. The number of hydrogen-bond acceptors (Lipinski definition) is 2. The zero-order valence-electron chi connectivity index (χ0n) is 11.9. The van der Waals surface area contributed by atoms with Gasteiger partial charge in [0.15, 0.2) is 0 Å². The van der Waals surface area contributed by atoms with Gasteiger partial charge in [0, 0.05) is 14.8 Å². The highest BCUT2D eigenvalue weighted by Crippen LogP contribution is 2.33. The van der Waals surface area contributed by atoms with Crippen LogP contribution in [0.3, 0.4) is 0 Å². The van der Waals surface area contributed by atoms with Gasteiger partial charge in [-0.05, 0) is 62.2 Å². The number of hydrogen-bond donors (Lipinski definition) is 1. The normalized spacial score (nSPS) is 12.7. The summed E-state index contributed by atoms with van der Waals surface area (Å²) in [5.41, 5.74) is 3.92. The Morgan fingerprint density at radius 3 is 2.47 bits per heavy atom. The largest absolute Gasteiger partial charge is 0.306 e. The van der Waals surface area contributed by atoms with Crippen molar-refractivity contribution in [3.05, 3.63) is 55.7 Å². The topological polar surface area (TPSA) is 12.0 Å². The Morgan fingerprint density at radius 2 is 1.89 bits per heavy atom. The molecule has 0 aliphatic heterocycles. The lowest BCUT2D eigenvalue weighted by Crippen LogP contribution is -2.23. The predicted molar refractivity (Wildman–Crippen MR) is 85.5 cm³/mol. The fraction of sp³-hybridized carbons (Fsp3) is 0.375. The molecule has 0 amide bonds. The molecular weight excluding hydrogens is 274 g/mol. The maximum atomic E-state index is 6.17. The van der Waals surface area contributed by atoms with Crippen LogP contribution in [0.4, 0.5) is 0 Å². The molecule has 1 N–H and O–H groups in total. The Hall–Kier alpha value is -0.830. The van der Waals surface area contributed by atoms with Crippen molar-refractivity contribution in [1.29, 1.82) is 0 Å². The Bertz CT molecular complexity index is 574. The van der Waals surface area contributed by atoms with E-state index in [1.165, 1.54) is 26.4 Å². The fourth-order valence-electron chi connectivity index (χ4n) is 2.45. The van der Waals surface area contributed by atoms with Gasteiger partial charge in [-0.1, -0.05) is 24.6 Å². The van der Waals surface area contributed by atoms with Crippen molar-refractivity contribution >= 4 is 22.9 Å². The minimum Gasteiger partial charge on any atom is -0.306 e. The molecule has 1 aromatic carbocycles. The van der Waals surface area contributed by atoms with Crippen LogP contribution in [-0.4, -0.2) is 6.54 Å². The molecule has 0 radical (unpaired) electrons. The Morgan fingerprint density at radius 1 is 1.16 bits per heavy atom. The number of rotatable bonds is 4. The molecule has 0 aliphatic rings. The van der Waals surface area contributed by atoms with E-state index >= 15 is 0 Å². The minimum atomic E-state index is 0.230. The molecule has 0 saturated carbocycles. The lowest BCUT2D eigenvalue weighted by atomic mass is 9.95. The van der Waals surface area contributed by atoms with Crippen LogP contribution in [0.1, 0.15) is 39.4 Å². The summed E-state index contributed by atoms with van der Waals surface area (Å²) >= 11 is 8.02. The predicted octanol–water partition coefficient (Wildman–Crippen LogP) is 5.03. The van der Waals surface area contributed by atoms with Crippen molar-refractivity contribution in [2.24, 2.45) is 0 Å². The number of nitrogens with one attached hydrogen (secondary N) is 1. The van der Waals surface area contributed by atoms with Crippen LogP contribution in [0.2, 0.25) is 5.02 Å². The summed E-state index contributed by atoms with van der Waals surface area (Å²) in [6, 6.07) is 8.64. The Kier molecular flexibility index (Phi) is 4.67. The van der Waals surface area contributed by atoms with Gasteiger partial charge in [-0.2, -0.15) is 0 Å². The van der Waals surface area contributed by atoms with Gasteiger partial charge in [0.05, 0.1) is 6.04 Å². The third-order valence-corrected chi connectivity index (χ3v) is 4.57. The average Bonchev–Trinajstić information content (AvgIpc) is 2.69. The van der Waals surface area contributed by atoms with E-state index < -0.39 is 0 Å². The highest BCUT2D eigenvalue weighted by Gasteiger charge is 2.19. The second-order valence-electron chi connectivity index (χ2n) is 4.86. The quantitative estimate of drug-likeness (QED) is 0.834. The Balaban J connectivity index is 2.51. The molecule has 0 bridgehead atoms. The maximum absolute atomic E-state index is 6.17. The first-order valence-corrected chi connectivity index (χ1v) is 7.78. The fourth-order valence-corrected chi connectivity index (χ4v) is 3.60. The van der Waals surface area contributed by atoms with E-state index in [1.54, 1.807) is 0 Å². The van der Waals surface area contributed by atoms with Crippen molar-refractivity contribution < 1.29 is 0 Å². The van der Waals surface area contributed by atoms with Crippen LogP contribution in [0.15, 0.2) is 24.3 Å². The van der Waals surface area contributed by atoms with Crippen molar-refractivity contribution in [3.8, 4) is 0 Å². The summed E-state index contributed by atoms with van der Waals surface area (Å²) in [5, 5.41) is 4.38. The first kappa shape index (κ1) is 14.6. The molecule has 0 aliphatic carbocycles. The van der Waals surface area contributed by atoms with E-state index in [0.717, 1.165) is 11.6 Å². The molecule has 1 atom stereocenters. The van der Waals surface area contributed by atoms with E-state index in [4.69, 9.17) is 11.6 Å². The zero-order valence-corrected chi connectivity index (χ0v) is 13.5. The zero-order chi connectivity index (χ0) is 14.0. The molecule has 2 aromatic rings. The van der Waals surface area contributed by atoms with Crippen LogP contribution in [-0.2, 0) is 0 Å². The van der Waals surface area contributed by atoms with Crippen LogP contribution in [0.25, 0.3) is 0 Å². The molecular formula is C16H20ClNS. The second-order valence-corrected chi connectivity index (χ2v) is 6.76. The average molecular weight is 294 g/mol. The molecule has 1 heterocycles. The number of thiophene rings is 1. The van der Waals surface area contributed by atoms with Crippen LogP contribution >= 0.6 is 22.9 Å². The summed E-state index contributed by atoms with van der Waals surface area (Å²) in [4.78, 5) is 2.73. The monoisotopic (exact) mass is 293 g/mol. The highest BCUT2D eigenvalue weighted by atomic mass is 35.5. The van der Waals surface area contributed by atoms with Crippen molar-refractivity contribution in [2.75, 3.05) is 6.54 Å². The summed E-state index contributed by atoms with van der Waals surface area (Å²) in [5.74, 6) is 0. The van der Waals surface area contributed by atoms with Gasteiger partial charge in [0.25, 0.3) is 0 Å². The van der Waals surface area contributed by atoms with E-state index in [2.05, 4.69) is 51.2 Å². The summed E-state index contributed by atoms with van der Waals surface area (Å²) in [7, 11) is 0. The smallest absolute Gasteiger partial charge is 0.0590 e. The number of halogens is 1. The SMILES string of the molecule is CCNC(c1cc(Cl)ccc1C)c1cc(C)sc1C. The third-order valence-electron chi connectivity index (χ3n) is 3.35. The van der Waals surface area contributed by atoms with E-state index in [-0.39, 0.29) is 6.04 Å². The lowest BCUT2D eigenvalue weighted by molar-refractivity contribution is 0.627. The third kappa shape index (κ3) is 3.19. The number of benzene rings is 1. The molecule has 2 rings (SSSR count). The molecule has 0 spiro atoms. The molecule has 1 aromatic heterocycles. The van der Waals surface area contributed by atoms with E-state index in [0.29, 0.717) is 0 Å². The molecule has 3 heteroatoms. The van der Waals surface area contributed by atoms with Crippen LogP contribution < -0.4 is 5.32 Å². The van der Waals surface area contributed by atoms with Gasteiger partial charge in [-0.15, -0.1) is 11.3 Å². The molecule has 1 nitrogen and oxygen atoms in total. The van der Waals surface area contributed by atoms with Gasteiger partial charge in [0.1, 0.15) is 0 Å². The van der Waals surface area contributed by atoms with Crippen molar-refractivity contribution in [2.45, 2.75) is 33.7 Å². The van der Waals surface area contributed by atoms with Gasteiger partial charge < -0.3 is 5.32 Å². The van der Waals surface area contributed by atoms with Gasteiger partial charge in [-0.3, -0.25) is 0 Å². The number of aryl methyl sites for hydroxylation is 3. The van der Waals surface area contributed by atoms with Crippen molar-refractivity contribution in [1.82, 2.24) is 5.32 Å². The molecule has 0 saturated heterocycles. The maximum Gasteiger partial charge on any atom is 0.0590 e. The minimum absolute atomic E-state index is 0.230. The van der Waals surface area contributed by atoms with Gasteiger partial charge >= 0.3 is 0 Å². The molecule has 1 unspecified atom stereocenters. The molecule has 19 heavy (non-hydrogen) atoms. The standard InChI is InChI=1S/C16H20ClNS/c1-5-18-16(15-8-11(3)19-12(15)4)14-9-13(17)7-6-10(14)2/h6-9,16,18H,5H2,1-4H3. The first-order chi connectivity index (χ1) is 9.02. The van der Waals surface area contributed by atoms with Crippen LogP contribution in [0.5, 0.6) is 0 Å². The highest BCUT2D eigenvalue weighted by molar-refractivity contribution is 7.12. The van der Waals surface area contributed by atoms with Crippen molar-refractivity contribution in [3.63, 3.8) is 0 Å². The summed E-state index contributed by atoms with van der Waals surface area (Å²) in [6.45, 7) is 9.57. The van der Waals surface area contributed by atoms with E-state index in [9.17, 15) is 0 Å². The second kappa shape index (κ2) is 6.08. The lowest BCUT2D eigenvalue weighted by Gasteiger charge is -2.21. The Labute approximate surface area is 124 Å². The molecule has 0 fully saturated rings.